The summed E-state index contributed by atoms with van der Waals surface area (Å²) in [5, 5.41) is 0. The molecule has 4 nitrogen and oxygen atoms in total. The lowest BCUT2D eigenvalue weighted by molar-refractivity contribution is -0.153. The molecular weight excluding hydrogens is 304 g/mol. The maximum Gasteiger partial charge on any atom is 0.310 e. The fourth-order valence-electron chi connectivity index (χ4n) is 4.44. The van der Waals surface area contributed by atoms with Gasteiger partial charge in [-0.3, -0.25) is 9.59 Å². The average molecular weight is 328 g/mol. The number of fused-ring (bicyclic) bond motifs is 2. The molecule has 0 bridgehead atoms. The molecule has 0 N–H and O–H groups in total. The zero-order valence-corrected chi connectivity index (χ0v) is 14.5. The van der Waals surface area contributed by atoms with Gasteiger partial charge in [-0.15, -0.1) is 0 Å². The molecule has 2 aliphatic rings. The van der Waals surface area contributed by atoms with Gasteiger partial charge in [-0.2, -0.15) is 0 Å². The van der Waals surface area contributed by atoms with Gasteiger partial charge in [0.15, 0.2) is 5.78 Å². The number of methoxy groups -OCH3 is 1. The van der Waals surface area contributed by atoms with E-state index >= 15 is 0 Å². The standard InChI is InChI=1S/C20H24O4/c1-4-13-10-11-20(18(13)19(22)24-5-2)16-8-7-15(23-3)12-14(16)6-9-17(20)21/h6-9,12-13,18H,4-5,10-11H2,1-3H3/t13-,18-,20+/m0/s1. The number of hydrogen-bond acceptors (Lipinski definition) is 4. The smallest absolute Gasteiger partial charge is 0.310 e. The van der Waals surface area contributed by atoms with E-state index in [9.17, 15) is 9.59 Å². The highest BCUT2D eigenvalue weighted by Gasteiger charge is 2.58. The van der Waals surface area contributed by atoms with Crippen molar-refractivity contribution in [3.8, 4) is 5.75 Å². The van der Waals surface area contributed by atoms with Crippen molar-refractivity contribution in [1.82, 2.24) is 0 Å². The number of esters is 1. The van der Waals surface area contributed by atoms with Crippen LogP contribution in [0.2, 0.25) is 0 Å². The number of rotatable bonds is 4. The van der Waals surface area contributed by atoms with Crippen LogP contribution in [0, 0.1) is 11.8 Å². The molecule has 4 heteroatoms. The molecule has 0 radical (unpaired) electrons. The van der Waals surface area contributed by atoms with Crippen molar-refractivity contribution in [1.29, 1.82) is 0 Å². The van der Waals surface area contributed by atoms with Gasteiger partial charge in [0, 0.05) is 0 Å². The molecule has 0 aliphatic heterocycles. The summed E-state index contributed by atoms with van der Waals surface area (Å²) in [6.45, 7) is 4.22. The van der Waals surface area contributed by atoms with Gasteiger partial charge in [-0.25, -0.2) is 0 Å². The van der Waals surface area contributed by atoms with E-state index < -0.39 is 11.3 Å². The van der Waals surface area contributed by atoms with Gasteiger partial charge in [-0.05, 0) is 55.0 Å². The minimum Gasteiger partial charge on any atom is -0.497 e. The van der Waals surface area contributed by atoms with E-state index in [0.29, 0.717) is 13.0 Å². The molecule has 128 valence electrons. The van der Waals surface area contributed by atoms with Crippen molar-refractivity contribution in [2.45, 2.75) is 38.5 Å². The molecule has 0 saturated heterocycles. The highest BCUT2D eigenvalue weighted by Crippen LogP contribution is 2.54. The molecule has 24 heavy (non-hydrogen) atoms. The van der Waals surface area contributed by atoms with Gasteiger partial charge >= 0.3 is 5.97 Å². The van der Waals surface area contributed by atoms with Gasteiger partial charge in [0.25, 0.3) is 0 Å². The molecule has 1 fully saturated rings. The van der Waals surface area contributed by atoms with Crippen LogP contribution in [0.5, 0.6) is 5.75 Å². The Bertz CT molecular complexity index is 691. The lowest BCUT2D eigenvalue weighted by Crippen LogP contribution is -2.46. The van der Waals surface area contributed by atoms with Gasteiger partial charge in [-0.1, -0.05) is 25.5 Å². The van der Waals surface area contributed by atoms with E-state index in [2.05, 4.69) is 6.92 Å². The molecule has 1 saturated carbocycles. The first-order chi connectivity index (χ1) is 11.6. The monoisotopic (exact) mass is 328 g/mol. The van der Waals surface area contributed by atoms with Crippen LogP contribution in [0.4, 0.5) is 0 Å². The summed E-state index contributed by atoms with van der Waals surface area (Å²) < 4.78 is 10.7. The van der Waals surface area contributed by atoms with Crippen LogP contribution in [-0.2, 0) is 19.7 Å². The first kappa shape index (κ1) is 16.7. The van der Waals surface area contributed by atoms with Crippen molar-refractivity contribution in [2.75, 3.05) is 13.7 Å². The highest BCUT2D eigenvalue weighted by molar-refractivity contribution is 6.08. The zero-order chi connectivity index (χ0) is 17.3. The van der Waals surface area contributed by atoms with Crippen LogP contribution in [0.1, 0.15) is 44.2 Å². The lowest BCUT2D eigenvalue weighted by Gasteiger charge is -2.37. The van der Waals surface area contributed by atoms with Crippen LogP contribution in [0.15, 0.2) is 24.3 Å². The normalized spacial score (nSPS) is 28.0. The third-order valence-electron chi connectivity index (χ3n) is 5.57. The van der Waals surface area contributed by atoms with Gasteiger partial charge in [0.2, 0.25) is 0 Å². The summed E-state index contributed by atoms with van der Waals surface area (Å²) in [7, 11) is 1.62. The Labute approximate surface area is 142 Å². The van der Waals surface area contributed by atoms with Gasteiger partial charge < -0.3 is 9.47 Å². The topological polar surface area (TPSA) is 52.6 Å². The van der Waals surface area contributed by atoms with Crippen LogP contribution >= 0.6 is 0 Å². The van der Waals surface area contributed by atoms with E-state index in [0.717, 1.165) is 29.7 Å². The summed E-state index contributed by atoms with van der Waals surface area (Å²) in [4.78, 5) is 25.7. The van der Waals surface area contributed by atoms with Gasteiger partial charge in [0.05, 0.1) is 25.0 Å². The number of ether oxygens (including phenoxy) is 2. The largest absolute Gasteiger partial charge is 0.497 e. The van der Waals surface area contributed by atoms with E-state index in [4.69, 9.17) is 9.47 Å². The number of ketones is 1. The molecule has 0 aromatic heterocycles. The second kappa shape index (κ2) is 6.42. The molecule has 2 aliphatic carbocycles. The predicted molar refractivity (Wildman–Crippen MR) is 91.9 cm³/mol. The molecule has 3 atom stereocenters. The van der Waals surface area contributed by atoms with E-state index in [-0.39, 0.29) is 17.7 Å². The van der Waals surface area contributed by atoms with E-state index in [1.807, 2.05) is 31.2 Å². The van der Waals surface area contributed by atoms with Crippen LogP contribution in [-0.4, -0.2) is 25.5 Å². The third kappa shape index (κ3) is 2.36. The number of allylic oxidation sites excluding steroid dienone is 1. The van der Waals surface area contributed by atoms with Crippen molar-refractivity contribution >= 4 is 17.8 Å². The quantitative estimate of drug-likeness (QED) is 0.794. The Morgan fingerprint density at radius 3 is 2.75 bits per heavy atom. The number of carbonyl (C=O) groups excluding carboxylic acids is 2. The number of hydrogen-bond donors (Lipinski definition) is 0. The van der Waals surface area contributed by atoms with Crippen molar-refractivity contribution in [3.63, 3.8) is 0 Å². The second-order valence-electron chi connectivity index (χ2n) is 6.56. The van der Waals surface area contributed by atoms with Crippen LogP contribution < -0.4 is 4.74 Å². The minimum absolute atomic E-state index is 0.0224. The number of carbonyl (C=O) groups is 2. The van der Waals surface area contributed by atoms with Crippen molar-refractivity contribution < 1.29 is 19.1 Å². The molecule has 0 unspecified atom stereocenters. The second-order valence-corrected chi connectivity index (χ2v) is 6.56. The SMILES string of the molecule is CCOC(=O)[C@@H]1[C@@H](CC)CC[C@@]12C(=O)C=Cc1cc(OC)ccc12. The minimum atomic E-state index is -0.788. The zero-order valence-electron chi connectivity index (χ0n) is 14.5. The van der Waals surface area contributed by atoms with Gasteiger partial charge in [0.1, 0.15) is 5.75 Å². The molecule has 0 heterocycles. The molecule has 1 spiro atoms. The highest BCUT2D eigenvalue weighted by atomic mass is 16.5. The molecule has 0 amide bonds. The lowest BCUT2D eigenvalue weighted by atomic mass is 9.64. The molecule has 1 aromatic carbocycles. The maximum absolute atomic E-state index is 13.0. The maximum atomic E-state index is 13.0. The fraction of sp³-hybridized carbons (Fsp3) is 0.500. The Balaban J connectivity index is 2.15. The van der Waals surface area contributed by atoms with E-state index in [1.165, 1.54) is 0 Å². The van der Waals surface area contributed by atoms with E-state index in [1.54, 1.807) is 13.2 Å². The number of benzene rings is 1. The summed E-state index contributed by atoms with van der Waals surface area (Å²) in [5.74, 6) is 0.295. The summed E-state index contributed by atoms with van der Waals surface area (Å²) in [5.41, 5.74) is 1.10. The van der Waals surface area contributed by atoms with Crippen LogP contribution in [0.25, 0.3) is 6.08 Å². The van der Waals surface area contributed by atoms with Crippen LogP contribution in [0.3, 0.4) is 0 Å². The first-order valence-corrected chi connectivity index (χ1v) is 8.66. The Hall–Kier alpha value is -2.10. The predicted octanol–water partition coefficient (Wildman–Crippen LogP) is 3.53. The third-order valence-corrected chi connectivity index (χ3v) is 5.57. The fourth-order valence-corrected chi connectivity index (χ4v) is 4.44. The Morgan fingerprint density at radius 1 is 1.29 bits per heavy atom. The molecular formula is C20H24O4. The first-order valence-electron chi connectivity index (χ1n) is 8.66. The molecule has 1 aromatic rings. The average Bonchev–Trinajstić information content (AvgIpc) is 2.98. The summed E-state index contributed by atoms with van der Waals surface area (Å²) >= 11 is 0. The van der Waals surface area contributed by atoms with Crippen molar-refractivity contribution in [2.24, 2.45) is 11.8 Å². The van der Waals surface area contributed by atoms with Crippen molar-refractivity contribution in [3.05, 3.63) is 35.4 Å². The summed E-state index contributed by atoms with van der Waals surface area (Å²) in [6, 6.07) is 5.75. The Morgan fingerprint density at radius 2 is 2.08 bits per heavy atom. The Kier molecular flexibility index (Phi) is 4.48. The molecule has 3 rings (SSSR count). The summed E-state index contributed by atoms with van der Waals surface area (Å²) in [6.07, 6.45) is 5.87.